The second-order valence-electron chi connectivity index (χ2n) is 6.18. The maximum Gasteiger partial charge on any atom is 0.271 e. The highest BCUT2D eigenvalue weighted by Gasteiger charge is 2.29. The molecule has 1 amide bonds. The van der Waals surface area contributed by atoms with E-state index in [1.165, 1.54) is 22.3 Å². The highest BCUT2D eigenvalue weighted by atomic mass is 16.5. The molecule has 0 saturated heterocycles. The number of benzene rings is 1. The first-order valence-corrected chi connectivity index (χ1v) is 7.89. The van der Waals surface area contributed by atoms with Crippen LogP contribution in [0, 0.1) is 27.7 Å². The first-order chi connectivity index (χ1) is 10.9. The molecule has 5 nitrogen and oxygen atoms in total. The van der Waals surface area contributed by atoms with E-state index in [0.29, 0.717) is 18.7 Å². The van der Waals surface area contributed by atoms with E-state index in [1.54, 1.807) is 7.05 Å². The van der Waals surface area contributed by atoms with Gasteiger partial charge in [0.25, 0.3) is 5.91 Å². The molecule has 2 aromatic rings. The third-order valence-electron chi connectivity index (χ3n) is 5.05. The van der Waals surface area contributed by atoms with Crippen LogP contribution in [0.5, 0.6) is 5.75 Å². The van der Waals surface area contributed by atoms with Gasteiger partial charge in [0.1, 0.15) is 5.75 Å². The lowest BCUT2D eigenvalue weighted by Gasteiger charge is -2.19. The van der Waals surface area contributed by atoms with Crippen molar-refractivity contribution >= 4 is 5.91 Å². The van der Waals surface area contributed by atoms with Gasteiger partial charge in [0.15, 0.2) is 5.69 Å². The normalized spacial score (nSPS) is 13.0. The second-order valence-corrected chi connectivity index (χ2v) is 6.18. The summed E-state index contributed by atoms with van der Waals surface area (Å²) in [5.41, 5.74) is 8.42. The third-order valence-corrected chi connectivity index (χ3v) is 5.05. The van der Waals surface area contributed by atoms with Gasteiger partial charge in [-0.05, 0) is 49.9 Å². The standard InChI is InChI=1S/C18H23N3O2/c1-9-10(2)12(4)17-14(11(9)3)16-13(7-8-23-17)15(18(22)19-5)20-21(16)6/h7-8H2,1-6H3,(H,19,22). The average Bonchev–Trinajstić information content (AvgIpc) is 2.73. The van der Waals surface area contributed by atoms with E-state index >= 15 is 0 Å². The molecular weight excluding hydrogens is 290 g/mol. The van der Waals surface area contributed by atoms with Crippen LogP contribution in [-0.4, -0.2) is 29.3 Å². The molecule has 1 N–H and O–H groups in total. The molecule has 1 aromatic heterocycles. The summed E-state index contributed by atoms with van der Waals surface area (Å²) >= 11 is 0. The Kier molecular flexibility index (Phi) is 3.66. The fraction of sp³-hybridized carbons (Fsp3) is 0.444. The molecule has 0 saturated carbocycles. The molecule has 1 aromatic carbocycles. The number of carbonyl (C=O) groups excluding carboxylic acids is 1. The highest BCUT2D eigenvalue weighted by Crippen LogP contribution is 2.43. The van der Waals surface area contributed by atoms with Crippen LogP contribution in [0.25, 0.3) is 11.3 Å². The van der Waals surface area contributed by atoms with Gasteiger partial charge in [-0.2, -0.15) is 5.10 Å². The summed E-state index contributed by atoms with van der Waals surface area (Å²) in [6.07, 6.45) is 0.678. The lowest BCUT2D eigenvalue weighted by Crippen LogP contribution is -2.20. The van der Waals surface area contributed by atoms with Crippen molar-refractivity contribution in [2.45, 2.75) is 34.1 Å². The quantitative estimate of drug-likeness (QED) is 0.880. The Balaban J connectivity index is 2.39. The number of ether oxygens (including phenoxy) is 1. The molecule has 0 aliphatic carbocycles. The Morgan fingerprint density at radius 1 is 1.13 bits per heavy atom. The molecule has 1 aliphatic heterocycles. The molecule has 0 unspecified atom stereocenters. The van der Waals surface area contributed by atoms with Crippen LogP contribution in [0.2, 0.25) is 0 Å². The second kappa shape index (κ2) is 5.41. The van der Waals surface area contributed by atoms with E-state index in [2.05, 4.69) is 38.1 Å². The molecule has 0 bridgehead atoms. The summed E-state index contributed by atoms with van der Waals surface area (Å²) < 4.78 is 7.90. The van der Waals surface area contributed by atoms with Gasteiger partial charge < -0.3 is 10.1 Å². The smallest absolute Gasteiger partial charge is 0.271 e. The zero-order valence-corrected chi connectivity index (χ0v) is 14.6. The number of aromatic nitrogens is 2. The van der Waals surface area contributed by atoms with Crippen LogP contribution < -0.4 is 10.1 Å². The Labute approximate surface area is 136 Å². The first-order valence-electron chi connectivity index (χ1n) is 7.89. The van der Waals surface area contributed by atoms with Crippen molar-refractivity contribution in [1.82, 2.24) is 15.1 Å². The minimum Gasteiger partial charge on any atom is -0.492 e. The van der Waals surface area contributed by atoms with Gasteiger partial charge in [-0.15, -0.1) is 0 Å². The van der Waals surface area contributed by atoms with E-state index in [1.807, 2.05) is 11.7 Å². The maximum atomic E-state index is 12.2. The number of amides is 1. The monoisotopic (exact) mass is 313 g/mol. The molecule has 122 valence electrons. The molecule has 1 aliphatic rings. The van der Waals surface area contributed by atoms with Gasteiger partial charge in [0.05, 0.1) is 12.3 Å². The number of carbonyl (C=O) groups is 1. The van der Waals surface area contributed by atoms with E-state index in [0.717, 1.165) is 22.6 Å². The Morgan fingerprint density at radius 2 is 1.78 bits per heavy atom. The lowest BCUT2D eigenvalue weighted by molar-refractivity contribution is 0.0956. The van der Waals surface area contributed by atoms with Crippen molar-refractivity contribution in [3.05, 3.63) is 33.5 Å². The summed E-state index contributed by atoms with van der Waals surface area (Å²) in [5, 5.41) is 7.16. The summed E-state index contributed by atoms with van der Waals surface area (Å²) in [6.45, 7) is 9.04. The zero-order valence-electron chi connectivity index (χ0n) is 14.6. The Bertz CT molecular complexity index is 819. The average molecular weight is 313 g/mol. The number of nitrogens with one attached hydrogen (secondary N) is 1. The number of rotatable bonds is 1. The number of fused-ring (bicyclic) bond motifs is 3. The molecule has 0 spiro atoms. The summed E-state index contributed by atoms with van der Waals surface area (Å²) in [6, 6.07) is 0. The summed E-state index contributed by atoms with van der Waals surface area (Å²) in [4.78, 5) is 12.2. The Morgan fingerprint density at radius 3 is 2.43 bits per heavy atom. The van der Waals surface area contributed by atoms with Crippen molar-refractivity contribution in [2.75, 3.05) is 13.7 Å². The number of hydrogen-bond donors (Lipinski definition) is 1. The van der Waals surface area contributed by atoms with Gasteiger partial charge in [-0.25, -0.2) is 0 Å². The van der Waals surface area contributed by atoms with Crippen LogP contribution in [0.4, 0.5) is 0 Å². The van der Waals surface area contributed by atoms with Gasteiger partial charge in [0, 0.05) is 31.6 Å². The van der Waals surface area contributed by atoms with Crippen molar-refractivity contribution in [3.8, 4) is 17.0 Å². The van der Waals surface area contributed by atoms with Gasteiger partial charge in [-0.1, -0.05) is 0 Å². The molecule has 2 heterocycles. The topological polar surface area (TPSA) is 56.2 Å². The predicted molar refractivity (Wildman–Crippen MR) is 90.2 cm³/mol. The molecule has 23 heavy (non-hydrogen) atoms. The van der Waals surface area contributed by atoms with Crippen LogP contribution in [0.15, 0.2) is 0 Å². The van der Waals surface area contributed by atoms with Crippen LogP contribution in [-0.2, 0) is 13.5 Å². The SMILES string of the molecule is CNC(=O)c1nn(C)c2c1CCOc1c(C)c(C)c(C)c(C)c1-2. The summed E-state index contributed by atoms with van der Waals surface area (Å²) in [7, 11) is 3.53. The highest BCUT2D eigenvalue weighted by molar-refractivity contribution is 5.96. The zero-order chi connectivity index (χ0) is 16.9. The van der Waals surface area contributed by atoms with Crippen LogP contribution in [0.3, 0.4) is 0 Å². The van der Waals surface area contributed by atoms with E-state index < -0.39 is 0 Å². The molecular formula is C18H23N3O2. The van der Waals surface area contributed by atoms with Crippen molar-refractivity contribution < 1.29 is 9.53 Å². The van der Waals surface area contributed by atoms with Gasteiger partial charge in [0.2, 0.25) is 0 Å². The first kappa shape index (κ1) is 15.6. The minimum atomic E-state index is -0.150. The third kappa shape index (κ3) is 2.14. The van der Waals surface area contributed by atoms with Crippen molar-refractivity contribution in [1.29, 1.82) is 0 Å². The molecule has 5 heteroatoms. The fourth-order valence-electron chi connectivity index (χ4n) is 3.42. The van der Waals surface area contributed by atoms with Gasteiger partial charge in [-0.3, -0.25) is 9.48 Å². The number of aryl methyl sites for hydroxylation is 1. The van der Waals surface area contributed by atoms with E-state index in [4.69, 9.17) is 4.74 Å². The van der Waals surface area contributed by atoms with E-state index in [9.17, 15) is 4.79 Å². The van der Waals surface area contributed by atoms with E-state index in [-0.39, 0.29) is 5.91 Å². The Hall–Kier alpha value is -2.30. The molecule has 3 rings (SSSR count). The number of nitrogens with zero attached hydrogens (tertiary/aromatic N) is 2. The van der Waals surface area contributed by atoms with Gasteiger partial charge >= 0.3 is 0 Å². The van der Waals surface area contributed by atoms with Crippen molar-refractivity contribution in [3.63, 3.8) is 0 Å². The maximum absolute atomic E-state index is 12.2. The molecule has 0 fully saturated rings. The van der Waals surface area contributed by atoms with Crippen molar-refractivity contribution in [2.24, 2.45) is 7.05 Å². The van der Waals surface area contributed by atoms with Crippen LogP contribution in [0.1, 0.15) is 38.3 Å². The minimum absolute atomic E-state index is 0.150. The predicted octanol–water partition coefficient (Wildman–Crippen LogP) is 2.62. The fourth-order valence-corrected chi connectivity index (χ4v) is 3.42. The lowest BCUT2D eigenvalue weighted by atomic mass is 9.90. The largest absolute Gasteiger partial charge is 0.492 e. The molecule has 0 radical (unpaired) electrons. The van der Waals surface area contributed by atoms with Crippen LogP contribution >= 0.6 is 0 Å². The molecule has 0 atom stereocenters. The summed E-state index contributed by atoms with van der Waals surface area (Å²) in [5.74, 6) is 0.777. The number of hydrogen-bond acceptors (Lipinski definition) is 3.